The molecule has 0 radical (unpaired) electrons. The summed E-state index contributed by atoms with van der Waals surface area (Å²) in [6, 6.07) is 14.0. The molecule has 0 aliphatic carbocycles. The zero-order chi connectivity index (χ0) is 29.9. The van der Waals surface area contributed by atoms with E-state index in [4.69, 9.17) is 45.3 Å². The first kappa shape index (κ1) is 30.0. The molecule has 2 fully saturated rings. The summed E-state index contributed by atoms with van der Waals surface area (Å²) < 4.78 is 34.8. The molecule has 0 saturated carbocycles. The number of ether oxygens (including phenoxy) is 6. The normalized spacial score (nSPS) is 26.4. The van der Waals surface area contributed by atoms with E-state index in [-0.39, 0.29) is 6.61 Å². The quantitative estimate of drug-likeness (QED) is 0.332. The third kappa shape index (κ3) is 6.20. The van der Waals surface area contributed by atoms with Crippen molar-refractivity contribution >= 4 is 35.5 Å². The van der Waals surface area contributed by atoms with E-state index in [0.29, 0.717) is 28.1 Å². The van der Waals surface area contributed by atoms with Gasteiger partial charge in [0.05, 0.1) is 18.2 Å². The van der Waals surface area contributed by atoms with Gasteiger partial charge in [0.15, 0.2) is 17.8 Å². The average Bonchev–Trinajstić information content (AvgIpc) is 3.27. The Labute approximate surface area is 241 Å². The van der Waals surface area contributed by atoms with E-state index in [9.17, 15) is 19.2 Å². The number of nitrogens with zero attached hydrogens (tertiary/aromatic N) is 1. The number of carbonyl (C=O) groups excluding carboxylic acids is 4. The molecule has 2 heterocycles. The largest absolute Gasteiger partial charge is 0.463 e. The number of fused-ring (bicyclic) bond motifs is 2. The molecule has 12 heteroatoms. The van der Waals surface area contributed by atoms with Gasteiger partial charge in [0.1, 0.15) is 6.61 Å². The lowest BCUT2D eigenvalue weighted by molar-refractivity contribution is -0.334. The highest BCUT2D eigenvalue weighted by atomic mass is 35.5. The molecular weight excluding hydrogens is 558 g/mol. The molecule has 2 bridgehead atoms. The number of halogens is 1. The Morgan fingerprint density at radius 2 is 1.56 bits per heavy atom. The number of hydrogen-bond acceptors (Lipinski definition) is 11. The summed E-state index contributed by atoms with van der Waals surface area (Å²) in [5.41, 5.74) is 0.766. The molecule has 0 aromatic heterocycles. The minimum absolute atomic E-state index is 0.276. The fourth-order valence-electron chi connectivity index (χ4n) is 5.06. The van der Waals surface area contributed by atoms with Crippen LogP contribution in [0, 0.1) is 11.3 Å². The maximum atomic E-state index is 12.3. The average molecular weight is 586 g/mol. The molecule has 0 unspecified atom stereocenters. The molecule has 5 atom stereocenters. The van der Waals surface area contributed by atoms with E-state index >= 15 is 0 Å². The SMILES string of the molecule is CC(=O)OC[C@@]12CO[C@@](c3ccc(Cl)c(Cc4ccc(C#N)cc4)c3)(O1)[C@H](OC(C)=O)[C@@H](OC(C)=O)[C@@H]2OC(C)=O. The fraction of sp³-hybridized carbons (Fsp3) is 0.414. The molecule has 0 N–H and O–H groups in total. The number of rotatable bonds is 8. The number of nitriles is 1. The van der Waals surface area contributed by atoms with Gasteiger partial charge in [-0.05, 0) is 41.8 Å². The maximum Gasteiger partial charge on any atom is 0.303 e. The minimum atomic E-state index is -1.87. The second-order valence-electron chi connectivity index (χ2n) is 9.83. The Balaban J connectivity index is 1.85. The summed E-state index contributed by atoms with van der Waals surface area (Å²) in [6.45, 7) is 3.96. The summed E-state index contributed by atoms with van der Waals surface area (Å²) in [5.74, 6) is -4.74. The highest BCUT2D eigenvalue weighted by molar-refractivity contribution is 6.31. The van der Waals surface area contributed by atoms with E-state index in [1.807, 2.05) is 0 Å². The smallest absolute Gasteiger partial charge is 0.303 e. The van der Waals surface area contributed by atoms with Crippen molar-refractivity contribution in [2.75, 3.05) is 13.2 Å². The second-order valence-corrected chi connectivity index (χ2v) is 10.2. The Bertz CT molecular complexity index is 1400. The lowest BCUT2D eigenvalue weighted by atomic mass is 9.83. The molecular formula is C29H28ClNO10. The molecule has 11 nitrogen and oxygen atoms in total. The lowest BCUT2D eigenvalue weighted by Gasteiger charge is -2.49. The third-order valence-electron chi connectivity index (χ3n) is 6.71. The van der Waals surface area contributed by atoms with Crippen LogP contribution in [0.2, 0.25) is 5.02 Å². The van der Waals surface area contributed by atoms with Gasteiger partial charge in [-0.1, -0.05) is 29.8 Å². The van der Waals surface area contributed by atoms with Crippen molar-refractivity contribution in [2.24, 2.45) is 0 Å². The molecule has 2 saturated heterocycles. The number of esters is 4. The van der Waals surface area contributed by atoms with E-state index in [0.717, 1.165) is 26.3 Å². The Morgan fingerprint density at radius 1 is 0.927 bits per heavy atom. The monoisotopic (exact) mass is 585 g/mol. The summed E-state index contributed by atoms with van der Waals surface area (Å²) in [4.78, 5) is 48.5. The van der Waals surface area contributed by atoms with Gasteiger partial charge >= 0.3 is 23.9 Å². The Hall–Kier alpha value is -3.98. The van der Waals surface area contributed by atoms with Gasteiger partial charge in [0.25, 0.3) is 0 Å². The van der Waals surface area contributed by atoms with Crippen molar-refractivity contribution in [1.29, 1.82) is 5.26 Å². The first-order valence-corrected chi connectivity index (χ1v) is 13.0. The van der Waals surface area contributed by atoms with Crippen LogP contribution in [0.4, 0.5) is 0 Å². The van der Waals surface area contributed by atoms with Crippen LogP contribution >= 0.6 is 11.6 Å². The van der Waals surface area contributed by atoms with Crippen LogP contribution in [-0.2, 0) is 59.8 Å². The number of carbonyl (C=O) groups is 4. The summed E-state index contributed by atoms with van der Waals surface area (Å²) in [7, 11) is 0. The van der Waals surface area contributed by atoms with E-state index in [2.05, 4.69) is 6.07 Å². The van der Waals surface area contributed by atoms with Crippen LogP contribution in [0.1, 0.15) is 49.9 Å². The van der Waals surface area contributed by atoms with Crippen LogP contribution in [-0.4, -0.2) is 61.0 Å². The lowest BCUT2D eigenvalue weighted by Crippen LogP contribution is -2.68. The van der Waals surface area contributed by atoms with Crippen molar-refractivity contribution in [3.05, 3.63) is 69.7 Å². The zero-order valence-electron chi connectivity index (χ0n) is 22.8. The topological polar surface area (TPSA) is 147 Å². The Morgan fingerprint density at radius 3 is 2.15 bits per heavy atom. The van der Waals surface area contributed by atoms with Crippen LogP contribution < -0.4 is 0 Å². The number of hydrogen-bond donors (Lipinski definition) is 0. The second kappa shape index (κ2) is 11.9. The zero-order valence-corrected chi connectivity index (χ0v) is 23.6. The first-order chi connectivity index (χ1) is 19.4. The molecule has 0 spiro atoms. The van der Waals surface area contributed by atoms with Crippen molar-refractivity contribution < 1.29 is 47.6 Å². The van der Waals surface area contributed by atoms with Crippen LogP contribution in [0.25, 0.3) is 0 Å². The molecule has 4 rings (SSSR count). The van der Waals surface area contributed by atoms with Crippen molar-refractivity contribution in [3.63, 3.8) is 0 Å². The molecule has 2 aliphatic heterocycles. The van der Waals surface area contributed by atoms with E-state index in [1.54, 1.807) is 42.5 Å². The highest BCUT2D eigenvalue weighted by Gasteiger charge is 2.72. The summed E-state index contributed by atoms with van der Waals surface area (Å²) >= 11 is 6.55. The van der Waals surface area contributed by atoms with Gasteiger partial charge in [-0.2, -0.15) is 5.26 Å². The molecule has 2 aliphatic rings. The fourth-order valence-corrected chi connectivity index (χ4v) is 5.25. The van der Waals surface area contributed by atoms with Gasteiger partial charge in [-0.3, -0.25) is 19.2 Å². The van der Waals surface area contributed by atoms with Crippen molar-refractivity contribution in [2.45, 2.75) is 63.8 Å². The predicted octanol–water partition coefficient (Wildman–Crippen LogP) is 3.11. The Kier molecular flexibility index (Phi) is 8.68. The van der Waals surface area contributed by atoms with Crippen molar-refractivity contribution in [3.8, 4) is 6.07 Å². The van der Waals surface area contributed by atoms with Gasteiger partial charge in [-0.25, -0.2) is 0 Å². The van der Waals surface area contributed by atoms with Gasteiger partial charge in [0, 0.05) is 38.3 Å². The molecule has 216 valence electrons. The summed E-state index contributed by atoms with van der Waals surface area (Å²) in [6.07, 6.45) is -3.84. The maximum absolute atomic E-state index is 12.3. The predicted molar refractivity (Wildman–Crippen MR) is 140 cm³/mol. The van der Waals surface area contributed by atoms with Gasteiger partial charge in [-0.15, -0.1) is 0 Å². The molecule has 0 amide bonds. The van der Waals surface area contributed by atoms with Crippen LogP contribution in [0.5, 0.6) is 0 Å². The molecule has 2 aromatic carbocycles. The van der Waals surface area contributed by atoms with E-state index < -0.39 is 60.2 Å². The van der Waals surface area contributed by atoms with E-state index in [1.165, 1.54) is 6.92 Å². The highest BCUT2D eigenvalue weighted by Crippen LogP contribution is 2.53. The standard InChI is InChI=1S/C29H28ClNO10/c1-16(32)36-14-28-15-37-29(41-28,27(40-19(4)35)25(38-17(2)33)26(28)39-18(3)34)23-9-10-24(30)22(12-23)11-20-5-7-21(13-31)8-6-20/h5-10,12,25-27H,11,14-15H2,1-4H3/t25-,26-,27+,28-,29-/m0/s1. The minimum Gasteiger partial charge on any atom is -0.463 e. The molecule has 41 heavy (non-hydrogen) atoms. The van der Waals surface area contributed by atoms with Crippen LogP contribution in [0.3, 0.4) is 0 Å². The first-order valence-electron chi connectivity index (χ1n) is 12.7. The van der Waals surface area contributed by atoms with Crippen molar-refractivity contribution in [1.82, 2.24) is 0 Å². The summed E-state index contributed by atoms with van der Waals surface area (Å²) in [5, 5.41) is 9.52. The third-order valence-corrected chi connectivity index (χ3v) is 7.08. The van der Waals surface area contributed by atoms with Gasteiger partial charge in [0.2, 0.25) is 11.9 Å². The molecule has 2 aromatic rings. The number of benzene rings is 2. The van der Waals surface area contributed by atoms with Gasteiger partial charge < -0.3 is 28.4 Å². The van der Waals surface area contributed by atoms with Crippen LogP contribution in [0.15, 0.2) is 42.5 Å².